The van der Waals surface area contributed by atoms with E-state index in [1.54, 1.807) is 6.08 Å². The molecule has 2 fully saturated rings. The van der Waals surface area contributed by atoms with Crippen LogP contribution in [0.1, 0.15) is 239 Å². The van der Waals surface area contributed by atoms with E-state index in [0.717, 1.165) is 64.2 Å². The van der Waals surface area contributed by atoms with Gasteiger partial charge in [0, 0.05) is 6.42 Å². The zero-order chi connectivity index (χ0) is 58.8. The maximum absolute atomic E-state index is 13.3. The fraction of sp³-hybridized carbons (Fsp3) is 0.776. The molecule has 2 aliphatic rings. The molecule has 14 nitrogen and oxygen atoms in total. The molecule has 468 valence electrons. The van der Waals surface area contributed by atoms with Crippen LogP contribution in [0.4, 0.5) is 0 Å². The van der Waals surface area contributed by atoms with Gasteiger partial charge in [0.15, 0.2) is 12.6 Å². The molecule has 14 heteroatoms. The van der Waals surface area contributed by atoms with Gasteiger partial charge in [0.05, 0.1) is 32.0 Å². The Morgan fingerprint density at radius 2 is 0.864 bits per heavy atom. The number of nitrogens with one attached hydrogen (secondary N) is 1. The van der Waals surface area contributed by atoms with Crippen molar-refractivity contribution in [3.63, 3.8) is 0 Å². The van der Waals surface area contributed by atoms with Crippen LogP contribution in [0.15, 0.2) is 85.1 Å². The summed E-state index contributed by atoms with van der Waals surface area (Å²) >= 11 is 0. The molecule has 0 bridgehead atoms. The zero-order valence-corrected chi connectivity index (χ0v) is 50.5. The minimum Gasteiger partial charge on any atom is -0.394 e. The van der Waals surface area contributed by atoms with Crippen LogP contribution < -0.4 is 5.32 Å². The van der Waals surface area contributed by atoms with Crippen molar-refractivity contribution in [1.82, 2.24) is 5.32 Å². The van der Waals surface area contributed by atoms with Crippen molar-refractivity contribution < 1.29 is 64.6 Å². The van der Waals surface area contributed by atoms with Gasteiger partial charge in [-0.3, -0.25) is 4.79 Å². The van der Waals surface area contributed by atoms with E-state index in [1.165, 1.54) is 141 Å². The highest BCUT2D eigenvalue weighted by molar-refractivity contribution is 5.76. The van der Waals surface area contributed by atoms with E-state index in [2.05, 4.69) is 92.1 Å². The predicted molar refractivity (Wildman–Crippen MR) is 327 cm³/mol. The van der Waals surface area contributed by atoms with Crippen molar-refractivity contribution in [3.8, 4) is 0 Å². The Labute approximate surface area is 491 Å². The molecule has 12 atom stereocenters. The number of allylic oxidation sites excluding steroid dienone is 13. The molecule has 0 aromatic carbocycles. The lowest BCUT2D eigenvalue weighted by Crippen LogP contribution is -2.65. The van der Waals surface area contributed by atoms with Gasteiger partial charge in [0.2, 0.25) is 5.91 Å². The number of ether oxygens (including phenoxy) is 4. The summed E-state index contributed by atoms with van der Waals surface area (Å²) in [5, 5.41) is 87.2. The molecule has 9 N–H and O–H groups in total. The number of aliphatic hydroxyl groups is 8. The van der Waals surface area contributed by atoms with Gasteiger partial charge in [-0.05, 0) is 77.0 Å². The number of hydrogen-bond acceptors (Lipinski definition) is 13. The fourth-order valence-corrected chi connectivity index (χ4v) is 10.2. The fourth-order valence-electron chi connectivity index (χ4n) is 10.2. The van der Waals surface area contributed by atoms with E-state index < -0.39 is 86.8 Å². The molecule has 0 saturated carbocycles. The molecule has 0 radical (unpaired) electrons. The minimum absolute atomic E-state index is 0.230. The Balaban J connectivity index is 1.75. The summed E-state index contributed by atoms with van der Waals surface area (Å²) < 4.78 is 22.8. The zero-order valence-electron chi connectivity index (χ0n) is 50.5. The summed E-state index contributed by atoms with van der Waals surface area (Å²) in [5.41, 5.74) is 0. The van der Waals surface area contributed by atoms with E-state index in [-0.39, 0.29) is 18.9 Å². The second kappa shape index (κ2) is 51.6. The van der Waals surface area contributed by atoms with Gasteiger partial charge in [-0.15, -0.1) is 0 Å². The topological polar surface area (TPSA) is 228 Å². The maximum Gasteiger partial charge on any atom is 0.220 e. The third-order valence-electron chi connectivity index (χ3n) is 15.3. The lowest BCUT2D eigenvalue weighted by molar-refractivity contribution is -0.359. The first-order chi connectivity index (χ1) is 39.6. The number of hydrogen-bond donors (Lipinski definition) is 9. The van der Waals surface area contributed by atoms with Crippen molar-refractivity contribution in [1.29, 1.82) is 0 Å². The Morgan fingerprint density at radius 3 is 1.36 bits per heavy atom. The van der Waals surface area contributed by atoms with Crippen molar-refractivity contribution in [2.45, 2.75) is 312 Å². The standard InChI is InChI=1S/C67H117NO13/c1-3-5-7-9-11-13-15-17-19-21-23-24-25-26-27-28-29-30-31-33-34-36-38-40-42-44-46-48-50-56(71)55(68-59(72)51-49-47-45-43-41-39-37-35-32-22-20-18-16-14-12-10-8-6-4-2)54-78-66-64(77)62(75)65(58(53-70)80-66)81-67-63(76)61(74)60(73)57(52-69)79-67/h6,8,12,14,18,20,32,35,39-42,48,50,55-58,60-67,69-71,73-77H,3-5,7,9-11,13,15-17,19,21-31,33-34,36-38,43-47,49,51-54H2,1-2H3,(H,68,72)/b8-6-,14-12-,20-18-,35-32-,41-39-,42-40+,50-48+. The van der Waals surface area contributed by atoms with Gasteiger partial charge in [-0.2, -0.15) is 0 Å². The quantitative estimate of drug-likeness (QED) is 0.0204. The lowest BCUT2D eigenvalue weighted by atomic mass is 9.97. The van der Waals surface area contributed by atoms with Gasteiger partial charge in [0.1, 0.15) is 48.8 Å². The van der Waals surface area contributed by atoms with Crippen molar-refractivity contribution in [2.75, 3.05) is 19.8 Å². The Bertz CT molecular complexity index is 1680. The van der Waals surface area contributed by atoms with E-state index >= 15 is 0 Å². The van der Waals surface area contributed by atoms with E-state index in [1.807, 2.05) is 6.08 Å². The highest BCUT2D eigenvalue weighted by Gasteiger charge is 2.51. The van der Waals surface area contributed by atoms with E-state index in [9.17, 15) is 45.6 Å². The monoisotopic (exact) mass is 1140 g/mol. The van der Waals surface area contributed by atoms with E-state index in [4.69, 9.17) is 18.9 Å². The van der Waals surface area contributed by atoms with Crippen molar-refractivity contribution >= 4 is 5.91 Å². The average molecular weight is 1140 g/mol. The number of aliphatic hydroxyl groups excluding tert-OH is 8. The molecule has 1 amide bonds. The molecule has 2 rings (SSSR count). The Kier molecular flexibility index (Phi) is 47.3. The molecule has 0 aromatic heterocycles. The van der Waals surface area contributed by atoms with Gasteiger partial charge < -0.3 is 65.1 Å². The van der Waals surface area contributed by atoms with Crippen LogP contribution in [0.5, 0.6) is 0 Å². The summed E-state index contributed by atoms with van der Waals surface area (Å²) in [6.07, 6.45) is 53.5. The Morgan fingerprint density at radius 1 is 0.457 bits per heavy atom. The smallest absolute Gasteiger partial charge is 0.220 e. The summed E-state index contributed by atoms with van der Waals surface area (Å²) in [6.45, 7) is 2.65. The first kappa shape index (κ1) is 74.3. The molecule has 0 aromatic rings. The van der Waals surface area contributed by atoms with E-state index in [0.29, 0.717) is 12.8 Å². The number of carbonyl (C=O) groups is 1. The maximum atomic E-state index is 13.3. The van der Waals surface area contributed by atoms with Gasteiger partial charge >= 0.3 is 0 Å². The lowest BCUT2D eigenvalue weighted by Gasteiger charge is -2.46. The van der Waals surface area contributed by atoms with Crippen LogP contribution in [0.25, 0.3) is 0 Å². The molecule has 2 aliphatic heterocycles. The second-order valence-corrected chi connectivity index (χ2v) is 22.5. The van der Waals surface area contributed by atoms with Gasteiger partial charge in [0.25, 0.3) is 0 Å². The predicted octanol–water partition coefficient (Wildman–Crippen LogP) is 12.1. The van der Waals surface area contributed by atoms with Crippen molar-refractivity contribution in [3.05, 3.63) is 85.1 Å². The van der Waals surface area contributed by atoms with Crippen LogP contribution in [-0.2, 0) is 23.7 Å². The summed E-state index contributed by atoms with van der Waals surface area (Å²) in [7, 11) is 0. The molecule has 12 unspecified atom stereocenters. The first-order valence-electron chi connectivity index (χ1n) is 32.3. The third kappa shape index (κ3) is 36.6. The number of carbonyl (C=O) groups excluding carboxylic acids is 1. The summed E-state index contributed by atoms with van der Waals surface area (Å²) in [5.74, 6) is -0.282. The molecule has 81 heavy (non-hydrogen) atoms. The van der Waals surface area contributed by atoms with Gasteiger partial charge in [-0.1, -0.05) is 240 Å². The van der Waals surface area contributed by atoms with Crippen LogP contribution in [0.2, 0.25) is 0 Å². The summed E-state index contributed by atoms with van der Waals surface area (Å²) in [6, 6.07) is -0.955. The average Bonchev–Trinajstić information content (AvgIpc) is 3.63. The van der Waals surface area contributed by atoms with Crippen LogP contribution in [-0.4, -0.2) is 140 Å². The molecular formula is C67H117NO13. The SMILES string of the molecule is CC/C=C\C/C=C\C/C=C\C/C=C\C/C=C\CCCCCC(=O)NC(COC1OC(CO)C(OC2OC(CO)C(O)C(O)C2O)C(O)C1O)C(O)/C=C/CC/C=C/CCCCCCCCCCCCCCCCCCCCCCCC. The van der Waals surface area contributed by atoms with Crippen molar-refractivity contribution in [2.24, 2.45) is 0 Å². The highest BCUT2D eigenvalue weighted by Crippen LogP contribution is 2.30. The van der Waals surface area contributed by atoms with Gasteiger partial charge in [-0.25, -0.2) is 0 Å². The third-order valence-corrected chi connectivity index (χ3v) is 15.3. The largest absolute Gasteiger partial charge is 0.394 e. The molecule has 2 saturated heterocycles. The molecule has 0 spiro atoms. The number of unbranched alkanes of at least 4 members (excludes halogenated alkanes) is 26. The molecule has 0 aliphatic carbocycles. The first-order valence-corrected chi connectivity index (χ1v) is 32.3. The normalized spacial score (nSPS) is 24.7. The van der Waals surface area contributed by atoms with Crippen LogP contribution in [0.3, 0.4) is 0 Å². The summed E-state index contributed by atoms with van der Waals surface area (Å²) in [4.78, 5) is 13.3. The molecular weight excluding hydrogens is 1030 g/mol. The highest BCUT2D eigenvalue weighted by atomic mass is 16.7. The number of amides is 1. The Hall–Kier alpha value is -2.83. The molecule has 2 heterocycles. The number of rotatable bonds is 51. The minimum atomic E-state index is -1.80. The van der Waals surface area contributed by atoms with Crippen LogP contribution >= 0.6 is 0 Å². The van der Waals surface area contributed by atoms with Crippen LogP contribution in [0, 0.1) is 0 Å². The second-order valence-electron chi connectivity index (χ2n) is 22.5.